The summed E-state index contributed by atoms with van der Waals surface area (Å²) >= 11 is 0. The molecule has 152 valence electrons. The molecule has 0 unspecified atom stereocenters. The van der Waals surface area contributed by atoms with Crippen molar-refractivity contribution in [2.24, 2.45) is 0 Å². The van der Waals surface area contributed by atoms with E-state index in [4.69, 9.17) is 9.47 Å². The van der Waals surface area contributed by atoms with Gasteiger partial charge in [-0.05, 0) is 44.4 Å². The van der Waals surface area contributed by atoms with Crippen molar-refractivity contribution in [1.29, 1.82) is 0 Å². The number of ketones is 1. The molecule has 0 bridgehead atoms. The van der Waals surface area contributed by atoms with Crippen LogP contribution in [0, 0.1) is 6.92 Å². The Bertz CT molecular complexity index is 1070. The number of carbonyl (C=O) groups excluding carboxylic acids is 2. The fourth-order valence-electron chi connectivity index (χ4n) is 4.07. The maximum absolute atomic E-state index is 12.5. The predicted octanol–water partition coefficient (Wildman–Crippen LogP) is 3.84. The fourth-order valence-corrected chi connectivity index (χ4v) is 4.07. The van der Waals surface area contributed by atoms with Gasteiger partial charge in [0.1, 0.15) is 0 Å². The third-order valence-electron chi connectivity index (χ3n) is 5.51. The maximum atomic E-state index is 12.5. The molecule has 0 radical (unpaired) electrons. The van der Waals surface area contributed by atoms with Gasteiger partial charge in [0.25, 0.3) is 0 Å². The molecule has 7 nitrogen and oxygen atoms in total. The van der Waals surface area contributed by atoms with Crippen LogP contribution >= 0.6 is 0 Å². The van der Waals surface area contributed by atoms with E-state index in [1.54, 1.807) is 19.9 Å². The van der Waals surface area contributed by atoms with Gasteiger partial charge in [-0.2, -0.15) is 5.10 Å². The Morgan fingerprint density at radius 2 is 2.07 bits per heavy atom. The highest BCUT2D eigenvalue weighted by Gasteiger charge is 2.22. The summed E-state index contributed by atoms with van der Waals surface area (Å²) in [6.07, 6.45) is 7.62. The van der Waals surface area contributed by atoms with Gasteiger partial charge < -0.3 is 13.9 Å². The number of pyridine rings is 1. The molecule has 1 aliphatic heterocycles. The molecule has 0 aromatic carbocycles. The molecule has 4 heterocycles. The van der Waals surface area contributed by atoms with Crippen molar-refractivity contribution in [3.63, 3.8) is 0 Å². The zero-order valence-electron chi connectivity index (χ0n) is 17.0. The number of hydrogen-bond acceptors (Lipinski definition) is 5. The first kappa shape index (κ1) is 19.4. The van der Waals surface area contributed by atoms with Crippen LogP contribution in [0.15, 0.2) is 30.7 Å². The van der Waals surface area contributed by atoms with Gasteiger partial charge in [0, 0.05) is 43.7 Å². The average Bonchev–Trinajstić information content (AvgIpc) is 3.34. The largest absolute Gasteiger partial charge is 0.462 e. The van der Waals surface area contributed by atoms with Gasteiger partial charge in [-0.1, -0.05) is 0 Å². The van der Waals surface area contributed by atoms with Crippen molar-refractivity contribution in [2.45, 2.75) is 39.7 Å². The van der Waals surface area contributed by atoms with Crippen LogP contribution in [-0.4, -0.2) is 45.8 Å². The highest BCUT2D eigenvalue weighted by atomic mass is 16.5. The van der Waals surface area contributed by atoms with E-state index in [0.29, 0.717) is 22.9 Å². The molecule has 1 aliphatic rings. The Morgan fingerprint density at radius 1 is 1.31 bits per heavy atom. The summed E-state index contributed by atoms with van der Waals surface area (Å²) in [6, 6.07) is 4.10. The number of fused-ring (bicyclic) bond motifs is 1. The van der Waals surface area contributed by atoms with Gasteiger partial charge >= 0.3 is 5.97 Å². The van der Waals surface area contributed by atoms with Gasteiger partial charge in [-0.3, -0.25) is 9.48 Å². The second-order valence-electron chi connectivity index (χ2n) is 7.35. The lowest BCUT2D eigenvalue weighted by Gasteiger charge is -2.22. The van der Waals surface area contributed by atoms with Gasteiger partial charge in [-0.15, -0.1) is 0 Å². The number of carbonyl (C=O) groups is 2. The van der Waals surface area contributed by atoms with Crippen LogP contribution in [0.3, 0.4) is 0 Å². The van der Waals surface area contributed by atoms with Crippen molar-refractivity contribution in [1.82, 2.24) is 14.2 Å². The van der Waals surface area contributed by atoms with E-state index in [1.165, 1.54) is 6.92 Å². The van der Waals surface area contributed by atoms with Crippen LogP contribution in [0.2, 0.25) is 0 Å². The molecular weight excluding hydrogens is 370 g/mol. The van der Waals surface area contributed by atoms with E-state index in [-0.39, 0.29) is 12.4 Å². The van der Waals surface area contributed by atoms with Gasteiger partial charge in [0.05, 0.1) is 35.6 Å². The lowest BCUT2D eigenvalue weighted by molar-refractivity contribution is 0.0525. The summed E-state index contributed by atoms with van der Waals surface area (Å²) < 4.78 is 14.5. The molecule has 0 saturated carbocycles. The van der Waals surface area contributed by atoms with E-state index >= 15 is 0 Å². The van der Waals surface area contributed by atoms with Crippen molar-refractivity contribution in [2.75, 3.05) is 19.8 Å². The quantitative estimate of drug-likeness (QED) is 0.485. The lowest BCUT2D eigenvalue weighted by atomic mass is 10.0. The van der Waals surface area contributed by atoms with Crippen LogP contribution in [0.5, 0.6) is 0 Å². The smallest absolute Gasteiger partial charge is 0.338 e. The SMILES string of the molecule is CCOC(=O)c1cc2c(-c3cnn(C4CCOCC4)c3)ccn2c(C(C)=O)c1C. The molecule has 0 spiro atoms. The lowest BCUT2D eigenvalue weighted by Crippen LogP contribution is -2.19. The van der Waals surface area contributed by atoms with E-state index in [0.717, 1.165) is 42.7 Å². The second-order valence-corrected chi connectivity index (χ2v) is 7.35. The Morgan fingerprint density at radius 3 is 2.76 bits per heavy atom. The molecule has 0 atom stereocenters. The topological polar surface area (TPSA) is 74.8 Å². The Hall–Kier alpha value is -2.93. The van der Waals surface area contributed by atoms with Crippen LogP contribution in [0.4, 0.5) is 0 Å². The molecular formula is C22H25N3O4. The summed E-state index contributed by atoms with van der Waals surface area (Å²) in [5.74, 6) is -0.515. The summed E-state index contributed by atoms with van der Waals surface area (Å²) in [5.41, 5.74) is 4.21. The first-order valence-electron chi connectivity index (χ1n) is 9.96. The Balaban J connectivity index is 1.83. The Labute approximate surface area is 169 Å². The summed E-state index contributed by atoms with van der Waals surface area (Å²) in [7, 11) is 0. The summed E-state index contributed by atoms with van der Waals surface area (Å²) in [4.78, 5) is 24.9. The molecule has 0 amide bonds. The second kappa shape index (κ2) is 7.83. The minimum absolute atomic E-state index is 0.0984. The molecule has 7 heteroatoms. The molecule has 29 heavy (non-hydrogen) atoms. The third kappa shape index (κ3) is 3.46. The molecule has 0 aliphatic carbocycles. The number of hydrogen-bond donors (Lipinski definition) is 0. The molecule has 4 rings (SSSR count). The monoisotopic (exact) mass is 395 g/mol. The number of nitrogens with zero attached hydrogens (tertiary/aromatic N) is 3. The zero-order chi connectivity index (χ0) is 20.5. The number of Topliss-reactive ketones (excluding diaryl/α,β-unsaturated/α-hetero) is 1. The Kier molecular flexibility index (Phi) is 5.24. The molecule has 1 fully saturated rings. The van der Waals surface area contributed by atoms with E-state index in [9.17, 15) is 9.59 Å². The van der Waals surface area contributed by atoms with Gasteiger partial charge in [-0.25, -0.2) is 4.79 Å². The van der Waals surface area contributed by atoms with Gasteiger partial charge in [0.15, 0.2) is 5.78 Å². The number of esters is 1. The van der Waals surface area contributed by atoms with Crippen LogP contribution in [0.1, 0.15) is 59.1 Å². The van der Waals surface area contributed by atoms with Crippen molar-refractivity contribution < 1.29 is 19.1 Å². The molecule has 3 aromatic heterocycles. The number of aromatic nitrogens is 3. The van der Waals surface area contributed by atoms with Gasteiger partial charge in [0.2, 0.25) is 0 Å². The first-order valence-corrected chi connectivity index (χ1v) is 9.96. The van der Waals surface area contributed by atoms with E-state index in [2.05, 4.69) is 5.10 Å². The minimum atomic E-state index is -0.417. The van der Waals surface area contributed by atoms with Crippen LogP contribution in [-0.2, 0) is 9.47 Å². The van der Waals surface area contributed by atoms with Crippen LogP contribution < -0.4 is 0 Å². The predicted molar refractivity (Wildman–Crippen MR) is 108 cm³/mol. The van der Waals surface area contributed by atoms with E-state index < -0.39 is 5.97 Å². The zero-order valence-corrected chi connectivity index (χ0v) is 17.0. The summed E-state index contributed by atoms with van der Waals surface area (Å²) in [5, 5.41) is 4.56. The summed E-state index contributed by atoms with van der Waals surface area (Å²) in [6.45, 7) is 6.85. The first-order chi connectivity index (χ1) is 14.0. The average molecular weight is 395 g/mol. The maximum Gasteiger partial charge on any atom is 0.338 e. The number of rotatable bonds is 5. The van der Waals surface area contributed by atoms with Crippen molar-refractivity contribution in [3.8, 4) is 11.1 Å². The van der Waals surface area contributed by atoms with E-state index in [1.807, 2.05) is 33.7 Å². The fraction of sp³-hybridized carbons (Fsp3) is 0.409. The standard InChI is InChI=1S/C22H25N3O4/c1-4-29-22(27)19-11-20-18(5-8-24(20)21(14(19)2)15(3)26)16-12-23-25(13-16)17-6-9-28-10-7-17/h5,8,11-13,17H,4,6-7,9-10H2,1-3H3. The van der Waals surface area contributed by atoms with Crippen molar-refractivity contribution >= 4 is 17.3 Å². The van der Waals surface area contributed by atoms with Crippen molar-refractivity contribution in [3.05, 3.63) is 47.5 Å². The normalized spacial score (nSPS) is 15.0. The molecule has 1 saturated heterocycles. The molecule has 0 N–H and O–H groups in total. The molecule has 3 aromatic rings. The number of ether oxygens (including phenoxy) is 2. The van der Waals surface area contributed by atoms with Crippen LogP contribution in [0.25, 0.3) is 16.6 Å². The highest BCUT2D eigenvalue weighted by Crippen LogP contribution is 2.31. The third-order valence-corrected chi connectivity index (χ3v) is 5.51. The minimum Gasteiger partial charge on any atom is -0.462 e. The highest BCUT2D eigenvalue weighted by molar-refractivity contribution is 6.02.